The molecular formula is C15H19ClN2O3S. The maximum atomic E-state index is 12.1. The summed E-state index contributed by atoms with van der Waals surface area (Å²) in [4.78, 5) is 13.6. The summed E-state index contributed by atoms with van der Waals surface area (Å²) in [6.45, 7) is 2.24. The van der Waals surface area contributed by atoms with E-state index in [0.29, 0.717) is 24.0 Å². The minimum absolute atomic E-state index is 0.118. The lowest BCUT2D eigenvalue weighted by Crippen LogP contribution is -2.60. The largest absolute Gasteiger partial charge is 0.335 e. The van der Waals surface area contributed by atoms with Crippen molar-refractivity contribution in [3.63, 3.8) is 0 Å². The third kappa shape index (κ3) is 3.08. The summed E-state index contributed by atoms with van der Waals surface area (Å²) in [7, 11) is -3.04. The van der Waals surface area contributed by atoms with Gasteiger partial charge in [0.05, 0.1) is 5.25 Å². The van der Waals surface area contributed by atoms with Gasteiger partial charge in [-0.15, -0.1) is 0 Å². The Hall–Kier alpha value is -1.27. The second-order valence-corrected chi connectivity index (χ2v) is 8.94. The molecule has 1 heterocycles. The number of amides is 2. The number of hydrogen-bond donors (Lipinski definition) is 1. The molecule has 5 nitrogen and oxygen atoms in total. The zero-order valence-corrected chi connectivity index (χ0v) is 13.9. The van der Waals surface area contributed by atoms with Gasteiger partial charge in [0, 0.05) is 35.8 Å². The van der Waals surface area contributed by atoms with E-state index >= 15 is 0 Å². The summed E-state index contributed by atoms with van der Waals surface area (Å²) in [5.41, 5.74) is 1.13. The van der Waals surface area contributed by atoms with Crippen LogP contribution in [0.2, 0.25) is 5.02 Å². The number of urea groups is 1. The van der Waals surface area contributed by atoms with Crippen LogP contribution in [-0.2, 0) is 9.84 Å². The average Bonchev–Trinajstić information content (AvgIpc) is 3.16. The first kappa shape index (κ1) is 15.6. The molecule has 2 aliphatic rings. The number of rotatable bonds is 4. The normalized spacial score (nSPS) is 24.7. The van der Waals surface area contributed by atoms with Crippen LogP contribution in [0.5, 0.6) is 0 Å². The highest BCUT2D eigenvalue weighted by atomic mass is 35.5. The molecule has 1 aliphatic heterocycles. The number of nitrogens with one attached hydrogen (secondary N) is 1. The molecule has 2 atom stereocenters. The fourth-order valence-electron chi connectivity index (χ4n) is 2.78. The third-order valence-corrected chi connectivity index (χ3v) is 6.78. The van der Waals surface area contributed by atoms with E-state index in [1.54, 1.807) is 11.8 Å². The van der Waals surface area contributed by atoms with E-state index in [1.165, 1.54) is 0 Å². The van der Waals surface area contributed by atoms with E-state index in [0.717, 1.165) is 12.0 Å². The molecule has 1 saturated heterocycles. The van der Waals surface area contributed by atoms with Crippen molar-refractivity contribution in [3.8, 4) is 0 Å². The van der Waals surface area contributed by atoms with Crippen molar-refractivity contribution in [2.24, 2.45) is 0 Å². The van der Waals surface area contributed by atoms with Crippen LogP contribution in [0.25, 0.3) is 0 Å². The van der Waals surface area contributed by atoms with Crippen molar-refractivity contribution in [1.82, 2.24) is 10.2 Å². The van der Waals surface area contributed by atoms with Crippen molar-refractivity contribution in [2.75, 3.05) is 18.8 Å². The SMILES string of the molecule is CCS(=O)(=O)C1CN(C(=O)N[C@@H]2C[C@H]2c2cccc(Cl)c2)C1. The highest BCUT2D eigenvalue weighted by Crippen LogP contribution is 2.41. The van der Waals surface area contributed by atoms with Gasteiger partial charge in [0.1, 0.15) is 0 Å². The van der Waals surface area contributed by atoms with Crippen LogP contribution < -0.4 is 5.32 Å². The van der Waals surface area contributed by atoms with Gasteiger partial charge < -0.3 is 10.2 Å². The quantitative estimate of drug-likeness (QED) is 0.910. The van der Waals surface area contributed by atoms with E-state index < -0.39 is 15.1 Å². The summed E-state index contributed by atoms with van der Waals surface area (Å²) in [6.07, 6.45) is 0.899. The molecule has 120 valence electrons. The molecule has 0 aromatic heterocycles. The number of likely N-dealkylation sites (tertiary alicyclic amines) is 1. The van der Waals surface area contributed by atoms with E-state index in [9.17, 15) is 13.2 Å². The molecule has 1 N–H and O–H groups in total. The van der Waals surface area contributed by atoms with Crippen LogP contribution >= 0.6 is 11.6 Å². The molecule has 0 spiro atoms. The molecular weight excluding hydrogens is 324 g/mol. The molecule has 22 heavy (non-hydrogen) atoms. The van der Waals surface area contributed by atoms with Crippen molar-refractivity contribution in [1.29, 1.82) is 0 Å². The summed E-state index contributed by atoms with van der Waals surface area (Å²) < 4.78 is 23.4. The first-order valence-electron chi connectivity index (χ1n) is 7.43. The number of benzene rings is 1. The van der Waals surface area contributed by atoms with Gasteiger partial charge in [-0.3, -0.25) is 0 Å². The van der Waals surface area contributed by atoms with Gasteiger partial charge in [-0.05, 0) is 24.1 Å². The van der Waals surface area contributed by atoms with Gasteiger partial charge in [0.25, 0.3) is 0 Å². The Balaban J connectivity index is 1.49. The van der Waals surface area contributed by atoms with Crippen LogP contribution in [0.1, 0.15) is 24.8 Å². The fraction of sp³-hybridized carbons (Fsp3) is 0.533. The minimum atomic E-state index is -3.04. The van der Waals surface area contributed by atoms with Crippen LogP contribution in [-0.4, -0.2) is 49.5 Å². The number of carbonyl (C=O) groups is 1. The Bertz CT molecular complexity index is 686. The number of carbonyl (C=O) groups excluding carboxylic acids is 1. The molecule has 2 fully saturated rings. The maximum absolute atomic E-state index is 12.1. The number of sulfone groups is 1. The topological polar surface area (TPSA) is 66.5 Å². The summed E-state index contributed by atoms with van der Waals surface area (Å²) in [5.74, 6) is 0.436. The van der Waals surface area contributed by atoms with E-state index in [-0.39, 0.29) is 17.8 Å². The summed E-state index contributed by atoms with van der Waals surface area (Å²) in [5, 5.41) is 3.26. The first-order valence-corrected chi connectivity index (χ1v) is 9.52. The lowest BCUT2D eigenvalue weighted by Gasteiger charge is -2.38. The Morgan fingerprint density at radius 1 is 1.41 bits per heavy atom. The van der Waals surface area contributed by atoms with E-state index in [2.05, 4.69) is 5.32 Å². The van der Waals surface area contributed by atoms with Crippen LogP contribution in [0.15, 0.2) is 24.3 Å². The van der Waals surface area contributed by atoms with Crippen molar-refractivity contribution < 1.29 is 13.2 Å². The highest BCUT2D eigenvalue weighted by molar-refractivity contribution is 7.92. The molecule has 1 aromatic rings. The number of hydrogen-bond acceptors (Lipinski definition) is 3. The lowest BCUT2D eigenvalue weighted by atomic mass is 10.1. The molecule has 0 bridgehead atoms. The van der Waals surface area contributed by atoms with E-state index in [1.807, 2.05) is 24.3 Å². The molecule has 7 heteroatoms. The smallest absolute Gasteiger partial charge is 0.317 e. The molecule has 1 aliphatic carbocycles. The zero-order valence-electron chi connectivity index (χ0n) is 12.3. The molecule has 0 unspecified atom stereocenters. The second kappa shape index (κ2) is 5.74. The molecule has 1 saturated carbocycles. The van der Waals surface area contributed by atoms with Crippen LogP contribution in [0, 0.1) is 0 Å². The van der Waals surface area contributed by atoms with Gasteiger partial charge in [0.2, 0.25) is 0 Å². The van der Waals surface area contributed by atoms with Gasteiger partial charge in [0.15, 0.2) is 9.84 Å². The molecule has 0 radical (unpaired) electrons. The maximum Gasteiger partial charge on any atom is 0.317 e. The van der Waals surface area contributed by atoms with Crippen molar-refractivity contribution in [3.05, 3.63) is 34.9 Å². The average molecular weight is 343 g/mol. The summed E-state index contributed by atoms with van der Waals surface area (Å²) >= 11 is 5.97. The van der Waals surface area contributed by atoms with E-state index in [4.69, 9.17) is 11.6 Å². The predicted molar refractivity (Wildman–Crippen MR) is 86.0 cm³/mol. The number of halogens is 1. The first-order chi connectivity index (χ1) is 10.4. The highest BCUT2D eigenvalue weighted by Gasteiger charge is 2.43. The van der Waals surface area contributed by atoms with Crippen LogP contribution in [0.3, 0.4) is 0 Å². The van der Waals surface area contributed by atoms with Gasteiger partial charge in [-0.2, -0.15) is 0 Å². The minimum Gasteiger partial charge on any atom is -0.335 e. The fourth-order valence-corrected chi connectivity index (χ4v) is 4.26. The third-order valence-electron chi connectivity index (χ3n) is 4.42. The Kier molecular flexibility index (Phi) is 4.07. The molecule has 2 amide bonds. The standard InChI is InChI=1S/C15H19ClN2O3S/c1-2-22(20,21)12-8-18(9-12)15(19)17-14-7-13(14)10-4-3-5-11(16)6-10/h3-6,12-14H,2,7-9H2,1H3,(H,17,19)/t13-,14+/m0/s1. The monoisotopic (exact) mass is 342 g/mol. The van der Waals surface area contributed by atoms with Gasteiger partial charge in [-0.1, -0.05) is 30.7 Å². The van der Waals surface area contributed by atoms with Crippen molar-refractivity contribution >= 4 is 27.5 Å². The number of nitrogens with zero attached hydrogens (tertiary/aromatic N) is 1. The second-order valence-electron chi connectivity index (χ2n) is 5.93. The van der Waals surface area contributed by atoms with Crippen molar-refractivity contribution in [2.45, 2.75) is 30.6 Å². The lowest BCUT2D eigenvalue weighted by molar-refractivity contribution is 0.168. The Labute approximate surface area is 135 Å². The molecule has 3 rings (SSSR count). The van der Waals surface area contributed by atoms with Crippen LogP contribution in [0.4, 0.5) is 4.79 Å². The molecule has 1 aromatic carbocycles. The van der Waals surface area contributed by atoms with Gasteiger partial charge in [-0.25, -0.2) is 13.2 Å². The van der Waals surface area contributed by atoms with Gasteiger partial charge >= 0.3 is 6.03 Å². The zero-order chi connectivity index (χ0) is 15.9. The summed E-state index contributed by atoms with van der Waals surface area (Å²) in [6, 6.07) is 7.62. The predicted octanol–water partition coefficient (Wildman–Crippen LogP) is 2.02. The Morgan fingerprint density at radius 3 is 2.77 bits per heavy atom. The Morgan fingerprint density at radius 2 is 2.14 bits per heavy atom.